The van der Waals surface area contributed by atoms with E-state index in [0.29, 0.717) is 24.3 Å². The molecule has 1 saturated heterocycles. The van der Waals surface area contributed by atoms with Crippen molar-refractivity contribution >= 4 is 21.6 Å². The van der Waals surface area contributed by atoms with Crippen LogP contribution >= 0.6 is 0 Å². The Morgan fingerprint density at radius 3 is 2.14 bits per heavy atom. The molecule has 0 bridgehead atoms. The van der Waals surface area contributed by atoms with Gasteiger partial charge in [-0.2, -0.15) is 4.31 Å². The fourth-order valence-electron chi connectivity index (χ4n) is 5.05. The predicted molar refractivity (Wildman–Crippen MR) is 142 cm³/mol. The molecule has 0 saturated carbocycles. The Hall–Kier alpha value is -3.00. The zero-order valence-electron chi connectivity index (χ0n) is 20.5. The summed E-state index contributed by atoms with van der Waals surface area (Å²) in [5.41, 5.74) is 5.15. The lowest BCUT2D eigenvalue weighted by Gasteiger charge is -2.28. The van der Waals surface area contributed by atoms with Crippen molar-refractivity contribution in [2.45, 2.75) is 50.1 Å². The lowest BCUT2D eigenvalue weighted by atomic mass is 9.99. The second-order valence-electron chi connectivity index (χ2n) is 9.72. The van der Waals surface area contributed by atoms with Gasteiger partial charge < -0.3 is 5.32 Å². The number of nitrogens with one attached hydrogen (secondary N) is 1. The molecule has 7 heteroatoms. The van der Waals surface area contributed by atoms with E-state index in [4.69, 9.17) is 0 Å². The molecule has 0 atom stereocenters. The summed E-state index contributed by atoms with van der Waals surface area (Å²) in [6.45, 7) is 3.97. The number of carbonyl (C=O) groups is 1. The summed E-state index contributed by atoms with van der Waals surface area (Å²) in [5, 5.41) is 2.88. The topological polar surface area (TPSA) is 69.7 Å². The van der Waals surface area contributed by atoms with Crippen LogP contribution in [0.25, 0.3) is 0 Å². The van der Waals surface area contributed by atoms with Crippen molar-refractivity contribution in [1.29, 1.82) is 0 Å². The summed E-state index contributed by atoms with van der Waals surface area (Å²) in [4.78, 5) is 15.5. The lowest BCUT2D eigenvalue weighted by Crippen LogP contribution is -2.31. The molecule has 0 spiro atoms. The van der Waals surface area contributed by atoms with Crippen LogP contribution in [-0.4, -0.2) is 43.2 Å². The number of benzene rings is 3. The Bertz CT molecular complexity index is 1300. The van der Waals surface area contributed by atoms with Crippen molar-refractivity contribution in [3.63, 3.8) is 0 Å². The van der Waals surface area contributed by atoms with Crippen LogP contribution in [0.4, 0.5) is 5.69 Å². The van der Waals surface area contributed by atoms with Gasteiger partial charge in [0.2, 0.25) is 10.0 Å². The molecule has 0 aromatic heterocycles. The molecule has 1 amide bonds. The molecule has 5 rings (SSSR count). The molecule has 36 heavy (non-hydrogen) atoms. The highest BCUT2D eigenvalue weighted by molar-refractivity contribution is 7.89. The maximum absolute atomic E-state index is 13.0. The van der Waals surface area contributed by atoms with Gasteiger partial charge in [0.25, 0.3) is 5.91 Å². The van der Waals surface area contributed by atoms with Crippen LogP contribution in [-0.2, 0) is 29.5 Å². The summed E-state index contributed by atoms with van der Waals surface area (Å²) in [5.74, 6) is -0.212. The second-order valence-corrected chi connectivity index (χ2v) is 11.7. The SMILES string of the molecule is O=C(Nc1ccc(S(=O)(=O)N2CCCCCC2)cc1)c1ccc(CN2CCc3ccccc3C2)cc1. The van der Waals surface area contributed by atoms with E-state index >= 15 is 0 Å². The van der Waals surface area contributed by atoms with Crippen LogP contribution in [0.2, 0.25) is 0 Å². The number of fused-ring (bicyclic) bond motifs is 1. The largest absolute Gasteiger partial charge is 0.322 e. The Morgan fingerprint density at radius 2 is 1.44 bits per heavy atom. The number of hydrogen-bond acceptors (Lipinski definition) is 4. The van der Waals surface area contributed by atoms with Gasteiger partial charge in [-0.1, -0.05) is 49.2 Å². The van der Waals surface area contributed by atoms with Gasteiger partial charge in [-0.25, -0.2) is 8.42 Å². The molecule has 6 nitrogen and oxygen atoms in total. The third-order valence-corrected chi connectivity index (χ3v) is 9.06. The number of anilines is 1. The first kappa shape index (κ1) is 24.7. The molecule has 3 aromatic carbocycles. The van der Waals surface area contributed by atoms with Crippen LogP contribution in [0.3, 0.4) is 0 Å². The van der Waals surface area contributed by atoms with Gasteiger partial charge in [0, 0.05) is 44.0 Å². The molecular weight excluding hydrogens is 470 g/mol. The molecule has 2 aliphatic rings. The molecule has 2 aliphatic heterocycles. The monoisotopic (exact) mass is 503 g/mol. The van der Waals surface area contributed by atoms with Gasteiger partial charge in [0.05, 0.1) is 4.90 Å². The number of rotatable bonds is 6. The number of carbonyl (C=O) groups excluding carboxylic acids is 1. The van der Waals surface area contributed by atoms with Crippen molar-refractivity contribution in [1.82, 2.24) is 9.21 Å². The van der Waals surface area contributed by atoms with E-state index in [2.05, 4.69) is 34.5 Å². The minimum absolute atomic E-state index is 0.212. The van der Waals surface area contributed by atoms with Crippen LogP contribution < -0.4 is 5.32 Å². The van der Waals surface area contributed by atoms with Gasteiger partial charge in [-0.05, 0) is 72.4 Å². The first-order valence-electron chi connectivity index (χ1n) is 12.8. The first-order valence-corrected chi connectivity index (χ1v) is 14.2. The van der Waals surface area contributed by atoms with E-state index < -0.39 is 10.0 Å². The summed E-state index contributed by atoms with van der Waals surface area (Å²) >= 11 is 0. The number of amides is 1. The highest BCUT2D eigenvalue weighted by atomic mass is 32.2. The normalized spacial score (nSPS) is 17.2. The summed E-state index contributed by atoms with van der Waals surface area (Å²) < 4.78 is 27.5. The molecule has 1 N–H and O–H groups in total. The molecule has 0 aliphatic carbocycles. The molecule has 0 unspecified atom stereocenters. The van der Waals surface area contributed by atoms with E-state index in [1.54, 1.807) is 28.6 Å². The van der Waals surface area contributed by atoms with Gasteiger partial charge >= 0.3 is 0 Å². The van der Waals surface area contributed by atoms with Crippen LogP contribution in [0, 0.1) is 0 Å². The maximum Gasteiger partial charge on any atom is 0.255 e. The van der Waals surface area contributed by atoms with E-state index in [0.717, 1.165) is 51.7 Å². The molecule has 2 heterocycles. The Kier molecular flexibility index (Phi) is 7.51. The Labute approximate surface area is 214 Å². The van der Waals surface area contributed by atoms with Crippen LogP contribution in [0.15, 0.2) is 77.7 Å². The molecule has 1 fully saturated rings. The van der Waals surface area contributed by atoms with E-state index in [9.17, 15) is 13.2 Å². The predicted octanol–water partition coefficient (Wildman–Crippen LogP) is 5.06. The van der Waals surface area contributed by atoms with Crippen LogP contribution in [0.1, 0.15) is 52.7 Å². The van der Waals surface area contributed by atoms with Gasteiger partial charge in [-0.15, -0.1) is 0 Å². The number of sulfonamides is 1. The first-order chi connectivity index (χ1) is 17.5. The fourth-order valence-corrected chi connectivity index (χ4v) is 6.57. The van der Waals surface area contributed by atoms with Gasteiger partial charge in [0.15, 0.2) is 0 Å². The number of nitrogens with zero attached hydrogens (tertiary/aromatic N) is 2. The third-order valence-electron chi connectivity index (χ3n) is 7.15. The highest BCUT2D eigenvalue weighted by Crippen LogP contribution is 2.23. The Balaban J connectivity index is 1.18. The smallest absolute Gasteiger partial charge is 0.255 e. The average molecular weight is 504 g/mol. The molecule has 3 aromatic rings. The quantitative estimate of drug-likeness (QED) is 0.510. The third kappa shape index (κ3) is 5.69. The zero-order chi connectivity index (χ0) is 25.0. The van der Waals surface area contributed by atoms with Crippen molar-refractivity contribution in [2.24, 2.45) is 0 Å². The highest BCUT2D eigenvalue weighted by Gasteiger charge is 2.25. The summed E-state index contributed by atoms with van der Waals surface area (Å²) in [6, 6.07) is 22.8. The van der Waals surface area contributed by atoms with Crippen molar-refractivity contribution in [3.8, 4) is 0 Å². The fraction of sp³-hybridized carbons (Fsp3) is 0.345. The lowest BCUT2D eigenvalue weighted by molar-refractivity contribution is 0.102. The average Bonchev–Trinajstić information content (AvgIpc) is 3.20. The minimum Gasteiger partial charge on any atom is -0.322 e. The maximum atomic E-state index is 13.0. The van der Waals surface area contributed by atoms with E-state index in [1.807, 2.05) is 24.3 Å². The molecule has 188 valence electrons. The summed E-state index contributed by atoms with van der Waals surface area (Å²) in [6.07, 6.45) is 5.01. The van der Waals surface area contributed by atoms with Crippen molar-refractivity contribution in [2.75, 3.05) is 25.0 Å². The van der Waals surface area contributed by atoms with E-state index in [-0.39, 0.29) is 10.8 Å². The van der Waals surface area contributed by atoms with Crippen molar-refractivity contribution in [3.05, 3.63) is 95.1 Å². The second kappa shape index (κ2) is 10.9. The Morgan fingerprint density at radius 1 is 0.778 bits per heavy atom. The number of hydrogen-bond donors (Lipinski definition) is 1. The zero-order valence-corrected chi connectivity index (χ0v) is 21.3. The van der Waals surface area contributed by atoms with E-state index in [1.165, 1.54) is 16.7 Å². The van der Waals surface area contributed by atoms with Gasteiger partial charge in [0.1, 0.15) is 0 Å². The standard InChI is InChI=1S/C29H33N3O3S/c33-29(30-27-13-15-28(16-14-27)36(34,35)32-18-5-1-2-6-19-32)25-11-9-23(10-12-25)21-31-20-17-24-7-3-4-8-26(24)22-31/h3-4,7-16H,1-2,5-6,17-22H2,(H,30,33). The summed E-state index contributed by atoms with van der Waals surface area (Å²) in [7, 11) is -3.50. The molecule has 0 radical (unpaired) electrons. The molecular formula is C29H33N3O3S. The van der Waals surface area contributed by atoms with Crippen molar-refractivity contribution < 1.29 is 13.2 Å². The van der Waals surface area contributed by atoms with Crippen LogP contribution in [0.5, 0.6) is 0 Å². The van der Waals surface area contributed by atoms with Gasteiger partial charge in [-0.3, -0.25) is 9.69 Å². The minimum atomic E-state index is -3.50.